The first-order chi connectivity index (χ1) is 9.86. The van der Waals surface area contributed by atoms with Gasteiger partial charge in [-0.1, -0.05) is 0 Å². The van der Waals surface area contributed by atoms with E-state index in [1.807, 2.05) is 6.07 Å². The molecule has 0 aliphatic carbocycles. The van der Waals surface area contributed by atoms with Crippen LogP contribution in [0.4, 0.5) is 11.4 Å². The molecule has 9 heteroatoms. The van der Waals surface area contributed by atoms with Gasteiger partial charge in [-0.3, -0.25) is 14.4 Å². The third-order valence-electron chi connectivity index (χ3n) is 2.73. The van der Waals surface area contributed by atoms with Crippen molar-refractivity contribution in [3.63, 3.8) is 0 Å². The monoisotopic (exact) mass is 323 g/mol. The second-order valence-corrected chi connectivity index (χ2v) is 7.26. The average Bonchev–Trinajstić information content (AvgIpc) is 2.96. The Morgan fingerprint density at radius 3 is 2.33 bits per heavy atom. The minimum Gasteiger partial charge on any atom is -0.269 e. The molecule has 0 aliphatic heterocycles. The number of hydrogen-bond donors (Lipinski definition) is 0. The van der Waals surface area contributed by atoms with Crippen molar-refractivity contribution in [2.45, 2.75) is 4.21 Å². The van der Waals surface area contributed by atoms with E-state index in [9.17, 15) is 18.5 Å². The van der Waals surface area contributed by atoms with Crippen molar-refractivity contribution in [3.8, 4) is 6.07 Å². The predicted octanol–water partition coefficient (Wildman–Crippen LogP) is 2.35. The highest BCUT2D eigenvalue weighted by Crippen LogP contribution is 2.28. The lowest BCUT2D eigenvalue weighted by Gasteiger charge is -2.18. The number of nitrogens with zero attached hydrogens (tertiary/aromatic N) is 3. The molecule has 21 heavy (non-hydrogen) atoms. The fraction of sp³-hybridized carbons (Fsp3) is 0.0833. The minimum atomic E-state index is -3.78. The van der Waals surface area contributed by atoms with Gasteiger partial charge in [-0.15, -0.1) is 11.3 Å². The van der Waals surface area contributed by atoms with Gasteiger partial charge in [-0.05, 0) is 24.3 Å². The maximum atomic E-state index is 12.4. The topological polar surface area (TPSA) is 104 Å². The number of hydrogen-bond acceptors (Lipinski definition) is 6. The van der Waals surface area contributed by atoms with Crippen LogP contribution in [0.5, 0.6) is 0 Å². The van der Waals surface area contributed by atoms with Gasteiger partial charge in [0.2, 0.25) is 0 Å². The number of sulfonamides is 1. The van der Waals surface area contributed by atoms with Crippen LogP contribution >= 0.6 is 11.3 Å². The average molecular weight is 323 g/mol. The molecule has 1 aromatic carbocycles. The van der Waals surface area contributed by atoms with Gasteiger partial charge in [-0.2, -0.15) is 5.26 Å². The van der Waals surface area contributed by atoms with E-state index in [0.717, 1.165) is 15.6 Å². The molecule has 108 valence electrons. The highest BCUT2D eigenvalue weighted by Gasteiger charge is 2.23. The zero-order chi connectivity index (χ0) is 15.6. The summed E-state index contributed by atoms with van der Waals surface area (Å²) in [6, 6.07) is 9.85. The standard InChI is InChI=1S/C12H9N3O4S2/c1-14(9-2-4-10(5-3-9)15(16)17)21(18,19)12-7-6-11(8-13)20-12/h2-7H,1H3. The lowest BCUT2D eigenvalue weighted by atomic mass is 10.3. The summed E-state index contributed by atoms with van der Waals surface area (Å²) in [5, 5.41) is 19.3. The van der Waals surface area contributed by atoms with Gasteiger partial charge >= 0.3 is 0 Å². The molecule has 0 fully saturated rings. The summed E-state index contributed by atoms with van der Waals surface area (Å²) in [6.45, 7) is 0. The lowest BCUT2D eigenvalue weighted by molar-refractivity contribution is -0.384. The number of nitro benzene ring substituents is 1. The zero-order valence-corrected chi connectivity index (χ0v) is 12.4. The predicted molar refractivity (Wildman–Crippen MR) is 77.7 cm³/mol. The number of non-ortho nitro benzene ring substituents is 1. The van der Waals surface area contributed by atoms with E-state index in [4.69, 9.17) is 5.26 Å². The van der Waals surface area contributed by atoms with Gasteiger partial charge in [0, 0.05) is 19.2 Å². The number of anilines is 1. The number of rotatable bonds is 4. The van der Waals surface area contributed by atoms with Gasteiger partial charge < -0.3 is 0 Å². The number of nitriles is 1. The number of benzene rings is 1. The summed E-state index contributed by atoms with van der Waals surface area (Å²) >= 11 is 0.872. The fourth-order valence-corrected chi connectivity index (χ4v) is 4.05. The van der Waals surface area contributed by atoms with E-state index in [1.54, 1.807) is 0 Å². The van der Waals surface area contributed by atoms with Crippen LogP contribution in [-0.4, -0.2) is 20.4 Å². The molecule has 0 aliphatic rings. The molecule has 0 radical (unpaired) electrons. The van der Waals surface area contributed by atoms with E-state index >= 15 is 0 Å². The molecule has 0 spiro atoms. The van der Waals surface area contributed by atoms with Crippen molar-refractivity contribution in [2.24, 2.45) is 0 Å². The van der Waals surface area contributed by atoms with Crippen LogP contribution in [0.2, 0.25) is 0 Å². The van der Waals surface area contributed by atoms with Crippen LogP contribution in [0.3, 0.4) is 0 Å². The maximum Gasteiger partial charge on any atom is 0.273 e. The number of nitro groups is 1. The van der Waals surface area contributed by atoms with Crippen LogP contribution < -0.4 is 4.31 Å². The first-order valence-electron chi connectivity index (χ1n) is 5.59. The van der Waals surface area contributed by atoms with E-state index in [0.29, 0.717) is 10.6 Å². The Kier molecular flexibility index (Phi) is 3.93. The summed E-state index contributed by atoms with van der Waals surface area (Å²) in [5.74, 6) is 0. The third kappa shape index (κ3) is 2.86. The highest BCUT2D eigenvalue weighted by atomic mass is 32.2. The van der Waals surface area contributed by atoms with Crippen molar-refractivity contribution in [1.29, 1.82) is 5.26 Å². The summed E-state index contributed by atoms with van der Waals surface area (Å²) in [4.78, 5) is 10.3. The van der Waals surface area contributed by atoms with E-state index in [-0.39, 0.29) is 9.90 Å². The first-order valence-corrected chi connectivity index (χ1v) is 7.85. The van der Waals surface area contributed by atoms with Crippen molar-refractivity contribution < 1.29 is 13.3 Å². The van der Waals surface area contributed by atoms with E-state index in [2.05, 4.69) is 0 Å². The SMILES string of the molecule is CN(c1ccc([N+](=O)[O-])cc1)S(=O)(=O)c1ccc(C#N)s1. The number of thiophene rings is 1. The quantitative estimate of drug-likeness (QED) is 0.634. The molecule has 0 saturated heterocycles. The van der Waals surface area contributed by atoms with E-state index < -0.39 is 14.9 Å². The van der Waals surface area contributed by atoms with Gasteiger partial charge in [-0.25, -0.2) is 8.42 Å². The largest absolute Gasteiger partial charge is 0.273 e. The molecule has 0 unspecified atom stereocenters. The van der Waals surface area contributed by atoms with Crippen LogP contribution in [-0.2, 0) is 10.0 Å². The third-order valence-corrected chi connectivity index (χ3v) is 5.97. The van der Waals surface area contributed by atoms with Crippen LogP contribution in [0.25, 0.3) is 0 Å². The maximum absolute atomic E-state index is 12.4. The highest BCUT2D eigenvalue weighted by molar-refractivity contribution is 7.94. The Labute approximate surface area is 124 Å². The molecule has 0 saturated carbocycles. The van der Waals surface area contributed by atoms with Crippen molar-refractivity contribution >= 4 is 32.7 Å². The second-order valence-electron chi connectivity index (χ2n) is 3.98. The molecule has 2 rings (SSSR count). The van der Waals surface area contributed by atoms with Gasteiger partial charge in [0.1, 0.15) is 15.2 Å². The van der Waals surface area contributed by atoms with Crippen LogP contribution in [0.1, 0.15) is 4.88 Å². The molecule has 0 atom stereocenters. The molecule has 1 heterocycles. The first kappa shape index (κ1) is 15.0. The molecule has 0 N–H and O–H groups in total. The Bertz CT molecular complexity index is 819. The van der Waals surface area contributed by atoms with Crippen LogP contribution in [0, 0.1) is 21.4 Å². The molecule has 7 nitrogen and oxygen atoms in total. The minimum absolute atomic E-state index is 0.0416. The Balaban J connectivity index is 2.36. The molecule has 0 amide bonds. The molecule has 0 bridgehead atoms. The normalized spacial score (nSPS) is 10.9. The summed E-state index contributed by atoms with van der Waals surface area (Å²) in [7, 11) is -2.43. The summed E-state index contributed by atoms with van der Waals surface area (Å²) in [5.41, 5.74) is 0.181. The van der Waals surface area contributed by atoms with E-state index in [1.165, 1.54) is 43.4 Å². The molecule has 1 aromatic heterocycles. The van der Waals surface area contributed by atoms with Gasteiger partial charge in [0.25, 0.3) is 15.7 Å². The fourth-order valence-electron chi connectivity index (χ4n) is 1.58. The Hall–Kier alpha value is -2.44. The molecular formula is C12H9N3O4S2. The molecule has 2 aromatic rings. The molecular weight excluding hydrogens is 314 g/mol. The second kappa shape index (κ2) is 5.51. The van der Waals surface area contributed by atoms with Crippen molar-refractivity contribution in [2.75, 3.05) is 11.4 Å². The van der Waals surface area contributed by atoms with Crippen LogP contribution in [0.15, 0.2) is 40.6 Å². The van der Waals surface area contributed by atoms with Gasteiger partial charge in [0.15, 0.2) is 0 Å². The van der Waals surface area contributed by atoms with Gasteiger partial charge in [0.05, 0.1) is 10.6 Å². The van der Waals surface area contributed by atoms with Crippen molar-refractivity contribution in [1.82, 2.24) is 0 Å². The summed E-state index contributed by atoms with van der Waals surface area (Å²) < 4.78 is 25.8. The lowest BCUT2D eigenvalue weighted by Crippen LogP contribution is -2.25. The van der Waals surface area contributed by atoms with Crippen molar-refractivity contribution in [3.05, 3.63) is 51.4 Å². The zero-order valence-electron chi connectivity index (χ0n) is 10.8. The Morgan fingerprint density at radius 2 is 1.86 bits per heavy atom. The smallest absolute Gasteiger partial charge is 0.269 e. The summed E-state index contributed by atoms with van der Waals surface area (Å²) in [6.07, 6.45) is 0. The Morgan fingerprint density at radius 1 is 1.24 bits per heavy atom.